The van der Waals surface area contributed by atoms with Gasteiger partial charge in [-0.2, -0.15) is 0 Å². The fourth-order valence-electron chi connectivity index (χ4n) is 3.58. The highest BCUT2D eigenvalue weighted by Gasteiger charge is 2.47. The summed E-state index contributed by atoms with van der Waals surface area (Å²) in [5.74, 6) is -1.01. The van der Waals surface area contributed by atoms with Gasteiger partial charge in [0.1, 0.15) is 0 Å². The summed E-state index contributed by atoms with van der Waals surface area (Å²) in [6.45, 7) is 17.1. The molecule has 0 heterocycles. The van der Waals surface area contributed by atoms with Gasteiger partial charge in [-0.25, -0.2) is 9.59 Å². The van der Waals surface area contributed by atoms with Crippen molar-refractivity contribution in [2.75, 3.05) is 13.2 Å². The van der Waals surface area contributed by atoms with Crippen molar-refractivity contribution >= 4 is 28.6 Å². The van der Waals surface area contributed by atoms with Crippen LogP contribution < -0.4 is 0 Å². The van der Waals surface area contributed by atoms with Crippen LogP contribution in [-0.4, -0.2) is 54.0 Å². The van der Waals surface area contributed by atoms with Crippen molar-refractivity contribution in [3.63, 3.8) is 0 Å². The van der Waals surface area contributed by atoms with Crippen LogP contribution in [0.2, 0.25) is 36.3 Å². The van der Waals surface area contributed by atoms with E-state index in [9.17, 15) is 9.59 Å². The molecule has 0 N–H and O–H groups in total. The lowest BCUT2D eigenvalue weighted by atomic mass is 10.2. The van der Waals surface area contributed by atoms with Crippen molar-refractivity contribution in [1.29, 1.82) is 0 Å². The minimum absolute atomic E-state index is 0.298. The van der Waals surface area contributed by atoms with Gasteiger partial charge in [0.2, 0.25) is 0 Å². The molecule has 0 spiro atoms. The Labute approximate surface area is 186 Å². The Hall–Kier alpha value is -0.706. The predicted octanol–water partition coefficient (Wildman–Crippen LogP) is 5.67. The van der Waals surface area contributed by atoms with Gasteiger partial charge >= 0.3 is 11.9 Å². The standard InChI is InChI=1S/C22H46O6Si2/c1-9-17-25-21(23)19(27-29(11-3,12-4)13-5)20(22(24)26-18-10-2)28-30(14-6,15-7)16-8/h19-20H,9-18H2,1-8H3. The van der Waals surface area contributed by atoms with Crippen LogP contribution in [0, 0.1) is 0 Å². The molecule has 0 amide bonds. The molecular formula is C22H46O6Si2. The van der Waals surface area contributed by atoms with E-state index in [0.717, 1.165) is 36.3 Å². The molecule has 0 radical (unpaired) electrons. The average molecular weight is 463 g/mol. The summed E-state index contributed by atoms with van der Waals surface area (Å²) >= 11 is 0. The first-order valence-electron chi connectivity index (χ1n) is 12.0. The molecule has 178 valence electrons. The summed E-state index contributed by atoms with van der Waals surface area (Å²) in [7, 11) is -4.40. The molecule has 0 aliphatic heterocycles. The van der Waals surface area contributed by atoms with Crippen molar-refractivity contribution < 1.29 is 27.9 Å². The smallest absolute Gasteiger partial charge is 0.337 e. The highest BCUT2D eigenvalue weighted by Crippen LogP contribution is 2.30. The molecule has 8 heteroatoms. The molecule has 2 atom stereocenters. The molecule has 0 bridgehead atoms. The fraction of sp³-hybridized carbons (Fsp3) is 0.909. The predicted molar refractivity (Wildman–Crippen MR) is 127 cm³/mol. The Kier molecular flexibility index (Phi) is 14.8. The van der Waals surface area contributed by atoms with Gasteiger partial charge in [0.05, 0.1) is 13.2 Å². The van der Waals surface area contributed by atoms with E-state index in [1.165, 1.54) is 0 Å². The van der Waals surface area contributed by atoms with Crippen LogP contribution in [0.1, 0.15) is 68.2 Å². The summed E-state index contributed by atoms with van der Waals surface area (Å²) in [5.41, 5.74) is 0. The van der Waals surface area contributed by atoms with E-state index in [1.807, 2.05) is 13.8 Å². The lowest BCUT2D eigenvalue weighted by Gasteiger charge is -2.38. The first-order chi connectivity index (χ1) is 14.3. The number of hydrogen-bond donors (Lipinski definition) is 0. The number of hydrogen-bond acceptors (Lipinski definition) is 6. The second-order valence-electron chi connectivity index (χ2n) is 7.90. The molecule has 0 aromatic heterocycles. The Balaban J connectivity index is 6.19. The summed E-state index contributed by atoms with van der Waals surface area (Å²) in [4.78, 5) is 26.2. The lowest BCUT2D eigenvalue weighted by molar-refractivity contribution is -0.170. The second kappa shape index (κ2) is 15.2. The summed E-state index contributed by atoms with van der Waals surface area (Å²) in [5, 5.41) is 0. The van der Waals surface area contributed by atoms with E-state index in [2.05, 4.69) is 41.5 Å². The van der Waals surface area contributed by atoms with E-state index in [-0.39, 0.29) is 0 Å². The van der Waals surface area contributed by atoms with Gasteiger partial charge in [0.15, 0.2) is 28.8 Å². The molecule has 2 unspecified atom stereocenters. The number of carbonyl (C=O) groups is 2. The maximum Gasteiger partial charge on any atom is 0.337 e. The molecule has 0 fully saturated rings. The Morgan fingerprint density at radius 1 is 0.567 bits per heavy atom. The van der Waals surface area contributed by atoms with Crippen LogP contribution in [0.4, 0.5) is 0 Å². The first-order valence-corrected chi connectivity index (χ1v) is 17.0. The molecule has 6 nitrogen and oxygen atoms in total. The molecular weight excluding hydrogens is 416 g/mol. The van der Waals surface area contributed by atoms with Gasteiger partial charge in [-0.1, -0.05) is 55.4 Å². The average Bonchev–Trinajstić information content (AvgIpc) is 2.79. The molecule has 0 saturated heterocycles. The molecule has 0 aliphatic carbocycles. The number of esters is 2. The summed E-state index contributed by atoms with van der Waals surface area (Å²) in [6, 6.07) is 5.20. The van der Waals surface area contributed by atoms with Crippen molar-refractivity contribution in [3.05, 3.63) is 0 Å². The Morgan fingerprint density at radius 2 is 0.833 bits per heavy atom. The second-order valence-corrected chi connectivity index (χ2v) is 17.3. The molecule has 0 aromatic carbocycles. The lowest BCUT2D eigenvalue weighted by Crippen LogP contribution is -2.55. The monoisotopic (exact) mass is 462 g/mol. The van der Waals surface area contributed by atoms with Crippen LogP contribution in [0.3, 0.4) is 0 Å². The normalized spacial score (nSPS) is 14.3. The van der Waals surface area contributed by atoms with Gasteiger partial charge in [0, 0.05) is 0 Å². The Bertz CT molecular complexity index is 431. The largest absolute Gasteiger partial charge is 0.464 e. The molecule has 0 aromatic rings. The maximum absolute atomic E-state index is 13.1. The third-order valence-corrected chi connectivity index (χ3v) is 15.5. The van der Waals surface area contributed by atoms with Crippen molar-refractivity contribution in [3.8, 4) is 0 Å². The third-order valence-electron chi connectivity index (χ3n) is 6.26. The first kappa shape index (κ1) is 29.3. The van der Waals surface area contributed by atoms with Crippen LogP contribution >= 0.6 is 0 Å². The fourth-order valence-corrected chi connectivity index (χ4v) is 9.09. The summed E-state index contributed by atoms with van der Waals surface area (Å²) in [6.07, 6.45) is -0.715. The highest BCUT2D eigenvalue weighted by atomic mass is 28.4. The quantitative estimate of drug-likeness (QED) is 0.205. The van der Waals surface area contributed by atoms with E-state index < -0.39 is 40.8 Å². The zero-order chi connectivity index (χ0) is 23.2. The van der Waals surface area contributed by atoms with E-state index in [1.54, 1.807) is 0 Å². The molecule has 30 heavy (non-hydrogen) atoms. The van der Waals surface area contributed by atoms with Crippen molar-refractivity contribution in [2.45, 2.75) is 117 Å². The van der Waals surface area contributed by atoms with E-state index >= 15 is 0 Å². The van der Waals surface area contributed by atoms with E-state index in [4.69, 9.17) is 18.3 Å². The zero-order valence-corrected chi connectivity index (χ0v) is 22.7. The van der Waals surface area contributed by atoms with Crippen LogP contribution in [0.5, 0.6) is 0 Å². The molecule has 0 rings (SSSR count). The minimum Gasteiger partial charge on any atom is -0.464 e. The Morgan fingerprint density at radius 3 is 1.03 bits per heavy atom. The number of rotatable bonds is 17. The van der Waals surface area contributed by atoms with Gasteiger partial charge in [-0.05, 0) is 49.1 Å². The number of carbonyl (C=O) groups excluding carboxylic acids is 2. The topological polar surface area (TPSA) is 71.1 Å². The molecule has 0 saturated carbocycles. The van der Waals surface area contributed by atoms with Crippen LogP contribution in [0.15, 0.2) is 0 Å². The zero-order valence-electron chi connectivity index (χ0n) is 20.7. The third kappa shape index (κ3) is 8.44. The van der Waals surface area contributed by atoms with Crippen molar-refractivity contribution in [2.24, 2.45) is 0 Å². The van der Waals surface area contributed by atoms with Crippen LogP contribution in [0.25, 0.3) is 0 Å². The maximum atomic E-state index is 13.1. The number of ether oxygens (including phenoxy) is 2. The van der Waals surface area contributed by atoms with Crippen LogP contribution in [-0.2, 0) is 27.9 Å². The highest BCUT2D eigenvalue weighted by molar-refractivity contribution is 6.74. The van der Waals surface area contributed by atoms with Gasteiger partial charge in [-0.15, -0.1) is 0 Å². The van der Waals surface area contributed by atoms with E-state index in [0.29, 0.717) is 26.1 Å². The van der Waals surface area contributed by atoms with Gasteiger partial charge in [0.25, 0.3) is 0 Å². The van der Waals surface area contributed by atoms with Gasteiger partial charge < -0.3 is 18.3 Å². The SMILES string of the molecule is CCCOC(=O)C(O[Si](CC)(CC)CC)C(O[Si](CC)(CC)CC)C(=O)OCCC. The van der Waals surface area contributed by atoms with Crippen molar-refractivity contribution in [1.82, 2.24) is 0 Å². The molecule has 0 aliphatic rings. The van der Waals surface area contributed by atoms with Gasteiger partial charge in [-0.3, -0.25) is 0 Å². The minimum atomic E-state index is -2.20. The summed E-state index contributed by atoms with van der Waals surface area (Å²) < 4.78 is 24.0.